The number of ether oxygens (including phenoxy) is 2. The lowest BCUT2D eigenvalue weighted by Gasteiger charge is -2.25. The third-order valence-corrected chi connectivity index (χ3v) is 3.24. The van der Waals surface area contributed by atoms with Crippen molar-refractivity contribution >= 4 is 18.0 Å². The molecule has 0 bridgehead atoms. The number of carboxylic acid groups (broad SMARTS) is 2. The van der Waals surface area contributed by atoms with E-state index in [1.54, 1.807) is 20.8 Å². The number of carbonyl (C=O) groups excluding carboxylic acids is 1. The van der Waals surface area contributed by atoms with Gasteiger partial charge in [0.25, 0.3) is 0 Å². The minimum atomic E-state index is -1.25. The number of aliphatic carboxylic acids is 1. The molecule has 1 amide bonds. The zero-order valence-electron chi connectivity index (χ0n) is 13.1. The summed E-state index contributed by atoms with van der Waals surface area (Å²) in [6.07, 6.45) is -0.141. The Kier molecular flexibility index (Phi) is 6.16. The van der Waals surface area contributed by atoms with Gasteiger partial charge in [-0.3, -0.25) is 4.90 Å². The molecule has 1 fully saturated rings. The number of carboxylic acids is 1. The molecule has 2 atom stereocenters. The number of likely N-dealkylation sites (tertiary alicyclic amines) is 1. The predicted molar refractivity (Wildman–Crippen MR) is 75.6 cm³/mol. The van der Waals surface area contributed by atoms with Gasteiger partial charge in [0, 0.05) is 12.6 Å². The summed E-state index contributed by atoms with van der Waals surface area (Å²) in [5.74, 6) is -1.63. The van der Waals surface area contributed by atoms with Crippen molar-refractivity contribution < 1.29 is 34.1 Å². The first-order valence-corrected chi connectivity index (χ1v) is 7.15. The molecule has 8 nitrogen and oxygen atoms in total. The quantitative estimate of drug-likeness (QED) is 0.561. The fourth-order valence-electron chi connectivity index (χ4n) is 2.44. The van der Waals surface area contributed by atoms with Crippen LogP contribution in [0.3, 0.4) is 0 Å². The van der Waals surface area contributed by atoms with Crippen LogP contribution in [0, 0.1) is 0 Å². The Hall–Kier alpha value is -1.83. The molecule has 0 radical (unpaired) electrons. The van der Waals surface area contributed by atoms with Gasteiger partial charge in [0.2, 0.25) is 0 Å². The highest BCUT2D eigenvalue weighted by atomic mass is 16.6. The summed E-state index contributed by atoms with van der Waals surface area (Å²) in [5.41, 5.74) is -0.583. The van der Waals surface area contributed by atoms with E-state index in [1.807, 2.05) is 0 Å². The molecule has 2 N–H and O–H groups in total. The van der Waals surface area contributed by atoms with E-state index in [0.29, 0.717) is 19.3 Å². The minimum absolute atomic E-state index is 0.167. The first-order valence-electron chi connectivity index (χ1n) is 7.15. The number of carbonyl (C=O) groups is 3. The Morgan fingerprint density at radius 2 is 1.82 bits per heavy atom. The van der Waals surface area contributed by atoms with Crippen LogP contribution >= 0.6 is 0 Å². The SMILES string of the molecule is CC(C)(C)OC(=O)COCCC1CCC(C(=O)O)N1C(=O)O. The van der Waals surface area contributed by atoms with Crippen LogP contribution in [0.5, 0.6) is 0 Å². The molecule has 0 spiro atoms. The number of esters is 1. The van der Waals surface area contributed by atoms with Crippen molar-refractivity contribution in [2.45, 2.75) is 57.7 Å². The minimum Gasteiger partial charge on any atom is -0.480 e. The van der Waals surface area contributed by atoms with Gasteiger partial charge in [-0.1, -0.05) is 0 Å². The summed E-state index contributed by atoms with van der Waals surface area (Å²) in [5, 5.41) is 18.1. The molecule has 126 valence electrons. The first-order chi connectivity index (χ1) is 10.1. The standard InChI is InChI=1S/C14H23NO7/c1-14(2,3)22-11(16)8-21-7-6-9-4-5-10(12(17)18)15(9)13(19)20/h9-10H,4-8H2,1-3H3,(H,17,18)(H,19,20). The van der Waals surface area contributed by atoms with Crippen molar-refractivity contribution in [3.63, 3.8) is 0 Å². The molecule has 0 aromatic rings. The highest BCUT2D eigenvalue weighted by molar-refractivity contribution is 5.80. The molecule has 2 unspecified atom stereocenters. The Morgan fingerprint density at radius 1 is 1.18 bits per heavy atom. The van der Waals surface area contributed by atoms with E-state index in [1.165, 1.54) is 0 Å². The van der Waals surface area contributed by atoms with Crippen molar-refractivity contribution in [2.24, 2.45) is 0 Å². The van der Waals surface area contributed by atoms with Gasteiger partial charge in [-0.2, -0.15) is 0 Å². The highest BCUT2D eigenvalue weighted by Crippen LogP contribution is 2.26. The van der Waals surface area contributed by atoms with E-state index in [0.717, 1.165) is 4.90 Å². The summed E-state index contributed by atoms with van der Waals surface area (Å²) in [6.45, 7) is 5.21. The van der Waals surface area contributed by atoms with Crippen LogP contribution < -0.4 is 0 Å². The molecule has 22 heavy (non-hydrogen) atoms. The molecule has 0 aliphatic carbocycles. The second-order valence-electron chi connectivity index (χ2n) is 6.20. The zero-order chi connectivity index (χ0) is 16.9. The smallest absolute Gasteiger partial charge is 0.408 e. The van der Waals surface area contributed by atoms with Gasteiger partial charge in [0.15, 0.2) is 0 Å². The Bertz CT molecular complexity index is 429. The van der Waals surface area contributed by atoms with Crippen molar-refractivity contribution in [1.29, 1.82) is 0 Å². The second kappa shape index (κ2) is 7.44. The normalized spacial score (nSPS) is 21.7. The van der Waals surface area contributed by atoms with Gasteiger partial charge in [0.1, 0.15) is 18.2 Å². The maximum Gasteiger partial charge on any atom is 0.408 e. The Balaban J connectivity index is 2.37. The molecular formula is C14H23NO7. The van der Waals surface area contributed by atoms with E-state index in [4.69, 9.17) is 19.7 Å². The molecule has 0 aromatic carbocycles. The van der Waals surface area contributed by atoms with E-state index in [-0.39, 0.29) is 13.2 Å². The fourth-order valence-corrected chi connectivity index (χ4v) is 2.44. The molecule has 8 heteroatoms. The molecule has 1 rings (SSSR count). The lowest BCUT2D eigenvalue weighted by atomic mass is 10.1. The van der Waals surface area contributed by atoms with Crippen LogP contribution in [0.2, 0.25) is 0 Å². The summed E-state index contributed by atoms with van der Waals surface area (Å²) >= 11 is 0. The topological polar surface area (TPSA) is 113 Å². The molecule has 0 aromatic heterocycles. The third kappa shape index (κ3) is 5.51. The lowest BCUT2D eigenvalue weighted by molar-refractivity contribution is -0.160. The van der Waals surface area contributed by atoms with E-state index >= 15 is 0 Å². The predicted octanol–water partition coefficient (Wildman–Crippen LogP) is 1.33. The van der Waals surface area contributed by atoms with Crippen LogP contribution in [0.4, 0.5) is 4.79 Å². The number of amides is 1. The van der Waals surface area contributed by atoms with Gasteiger partial charge in [0.05, 0.1) is 0 Å². The van der Waals surface area contributed by atoms with E-state index in [2.05, 4.69) is 0 Å². The van der Waals surface area contributed by atoms with Crippen LogP contribution in [0.1, 0.15) is 40.0 Å². The average molecular weight is 317 g/mol. The molecule has 1 aliphatic rings. The van der Waals surface area contributed by atoms with Gasteiger partial charge in [-0.15, -0.1) is 0 Å². The fraction of sp³-hybridized carbons (Fsp3) is 0.786. The summed E-state index contributed by atoms with van der Waals surface area (Å²) in [4.78, 5) is 34.6. The Morgan fingerprint density at radius 3 is 2.32 bits per heavy atom. The average Bonchev–Trinajstić information content (AvgIpc) is 2.76. The lowest BCUT2D eigenvalue weighted by Crippen LogP contribution is -2.44. The maximum atomic E-state index is 11.4. The van der Waals surface area contributed by atoms with Gasteiger partial charge >= 0.3 is 18.0 Å². The second-order valence-corrected chi connectivity index (χ2v) is 6.20. The molecule has 1 aliphatic heterocycles. The molecule has 1 saturated heterocycles. The molecule has 0 saturated carbocycles. The molecular weight excluding hydrogens is 294 g/mol. The molecule has 1 heterocycles. The van der Waals surface area contributed by atoms with Crippen molar-refractivity contribution in [1.82, 2.24) is 4.90 Å². The Labute approximate surface area is 129 Å². The third-order valence-electron chi connectivity index (χ3n) is 3.24. The number of hydrogen-bond donors (Lipinski definition) is 2. The van der Waals surface area contributed by atoms with Gasteiger partial charge in [-0.05, 0) is 40.0 Å². The summed E-state index contributed by atoms with van der Waals surface area (Å²) in [6, 6.07) is -1.41. The van der Waals surface area contributed by atoms with Gasteiger partial charge in [-0.25, -0.2) is 14.4 Å². The van der Waals surface area contributed by atoms with Gasteiger partial charge < -0.3 is 19.7 Å². The van der Waals surface area contributed by atoms with E-state index < -0.39 is 35.7 Å². The largest absolute Gasteiger partial charge is 0.480 e. The van der Waals surface area contributed by atoms with Crippen molar-refractivity contribution in [2.75, 3.05) is 13.2 Å². The first kappa shape index (κ1) is 18.2. The van der Waals surface area contributed by atoms with E-state index in [9.17, 15) is 14.4 Å². The van der Waals surface area contributed by atoms with Crippen LogP contribution in [-0.2, 0) is 19.1 Å². The van der Waals surface area contributed by atoms with Crippen LogP contribution in [0.25, 0.3) is 0 Å². The van der Waals surface area contributed by atoms with Crippen molar-refractivity contribution in [3.05, 3.63) is 0 Å². The monoisotopic (exact) mass is 317 g/mol. The highest BCUT2D eigenvalue weighted by Gasteiger charge is 2.40. The number of hydrogen-bond acceptors (Lipinski definition) is 5. The number of rotatable bonds is 6. The van der Waals surface area contributed by atoms with Crippen LogP contribution in [0.15, 0.2) is 0 Å². The number of nitrogens with zero attached hydrogens (tertiary/aromatic N) is 1. The summed E-state index contributed by atoms with van der Waals surface area (Å²) in [7, 11) is 0. The zero-order valence-corrected chi connectivity index (χ0v) is 13.1. The summed E-state index contributed by atoms with van der Waals surface area (Å²) < 4.78 is 10.3. The van der Waals surface area contributed by atoms with Crippen LogP contribution in [-0.4, -0.2) is 64.0 Å². The maximum absolute atomic E-state index is 11.4. The van der Waals surface area contributed by atoms with Crippen molar-refractivity contribution in [3.8, 4) is 0 Å².